The van der Waals surface area contributed by atoms with Gasteiger partial charge in [0.1, 0.15) is 5.82 Å². The second-order valence-electron chi connectivity index (χ2n) is 4.60. The van der Waals surface area contributed by atoms with E-state index in [1.165, 1.54) is 18.6 Å². The van der Waals surface area contributed by atoms with Gasteiger partial charge in [0, 0.05) is 11.7 Å². The van der Waals surface area contributed by atoms with Crippen molar-refractivity contribution in [3.63, 3.8) is 0 Å². The van der Waals surface area contributed by atoms with E-state index in [-0.39, 0.29) is 5.82 Å². The number of benzene rings is 1. The number of rotatable bonds is 2. The molecular formula is C13H15FN2. The highest BCUT2D eigenvalue weighted by Gasteiger charge is 2.21. The van der Waals surface area contributed by atoms with Crippen LogP contribution in [0.15, 0.2) is 18.2 Å². The Hall–Kier alpha value is -1.56. The smallest absolute Gasteiger partial charge is 0.126 e. The van der Waals surface area contributed by atoms with Gasteiger partial charge >= 0.3 is 0 Å². The second kappa shape index (κ2) is 4.52. The lowest BCUT2D eigenvalue weighted by Crippen LogP contribution is -2.15. The van der Waals surface area contributed by atoms with E-state index in [9.17, 15) is 4.39 Å². The quantitative estimate of drug-likeness (QED) is 0.826. The Kier molecular flexibility index (Phi) is 3.09. The molecule has 2 rings (SSSR count). The lowest BCUT2D eigenvalue weighted by Gasteiger charge is -2.14. The van der Waals surface area contributed by atoms with Crippen molar-refractivity contribution in [2.75, 3.05) is 5.32 Å². The third-order valence-electron chi connectivity index (χ3n) is 3.09. The zero-order chi connectivity index (χ0) is 11.5. The zero-order valence-corrected chi connectivity index (χ0v) is 9.33. The van der Waals surface area contributed by atoms with Crippen LogP contribution in [0.3, 0.4) is 0 Å². The zero-order valence-electron chi connectivity index (χ0n) is 9.33. The van der Waals surface area contributed by atoms with Crippen molar-refractivity contribution in [2.24, 2.45) is 5.92 Å². The van der Waals surface area contributed by atoms with Gasteiger partial charge in [-0.2, -0.15) is 5.26 Å². The van der Waals surface area contributed by atoms with Gasteiger partial charge in [-0.3, -0.25) is 0 Å². The molecule has 0 aliphatic heterocycles. The van der Waals surface area contributed by atoms with E-state index in [0.29, 0.717) is 11.6 Å². The summed E-state index contributed by atoms with van der Waals surface area (Å²) >= 11 is 0. The van der Waals surface area contributed by atoms with Crippen LogP contribution in [0.25, 0.3) is 0 Å². The van der Waals surface area contributed by atoms with Crippen molar-refractivity contribution in [1.29, 1.82) is 5.26 Å². The summed E-state index contributed by atoms with van der Waals surface area (Å²) in [5, 5.41) is 12.0. The Bertz CT molecular complexity index is 422. The van der Waals surface area contributed by atoms with Crippen molar-refractivity contribution in [1.82, 2.24) is 0 Å². The number of hydrogen-bond donors (Lipinski definition) is 1. The van der Waals surface area contributed by atoms with Crippen molar-refractivity contribution >= 4 is 5.69 Å². The first-order valence-electron chi connectivity index (χ1n) is 5.64. The molecule has 84 valence electrons. The summed E-state index contributed by atoms with van der Waals surface area (Å²) in [7, 11) is 0. The summed E-state index contributed by atoms with van der Waals surface area (Å²) in [6.07, 6.45) is 3.47. The Morgan fingerprint density at radius 3 is 2.81 bits per heavy atom. The molecule has 0 saturated heterocycles. The summed E-state index contributed by atoms with van der Waals surface area (Å²) in [5.41, 5.74) is 1.09. The van der Waals surface area contributed by atoms with Crippen molar-refractivity contribution < 1.29 is 4.39 Å². The minimum Gasteiger partial charge on any atom is -0.382 e. The fourth-order valence-corrected chi connectivity index (χ4v) is 2.31. The van der Waals surface area contributed by atoms with Gasteiger partial charge in [0.15, 0.2) is 0 Å². The van der Waals surface area contributed by atoms with Gasteiger partial charge in [-0.1, -0.05) is 6.92 Å². The van der Waals surface area contributed by atoms with Crippen LogP contribution in [-0.4, -0.2) is 6.04 Å². The summed E-state index contributed by atoms with van der Waals surface area (Å²) in [6.45, 7) is 2.23. The van der Waals surface area contributed by atoms with Crippen LogP contribution in [0, 0.1) is 23.1 Å². The normalized spacial score (nSPS) is 24.1. The molecule has 0 amide bonds. The molecule has 2 nitrogen and oxygen atoms in total. The summed E-state index contributed by atoms with van der Waals surface area (Å²) in [6, 6.07) is 6.78. The van der Waals surface area contributed by atoms with Crippen LogP contribution >= 0.6 is 0 Å². The summed E-state index contributed by atoms with van der Waals surface area (Å²) in [5.74, 6) is 0.383. The van der Waals surface area contributed by atoms with E-state index in [1.54, 1.807) is 6.07 Å². The minimum atomic E-state index is -0.354. The Balaban J connectivity index is 2.10. The molecule has 0 radical (unpaired) electrons. The van der Waals surface area contributed by atoms with Gasteiger partial charge < -0.3 is 5.32 Å². The topological polar surface area (TPSA) is 35.8 Å². The molecule has 0 heterocycles. The molecule has 1 fully saturated rings. The van der Waals surface area contributed by atoms with E-state index in [2.05, 4.69) is 12.2 Å². The van der Waals surface area contributed by atoms with Gasteiger partial charge in [-0.15, -0.1) is 0 Å². The predicted octanol–water partition coefficient (Wildman–Crippen LogP) is 3.30. The maximum Gasteiger partial charge on any atom is 0.126 e. The number of anilines is 1. The first-order chi connectivity index (χ1) is 7.67. The summed E-state index contributed by atoms with van der Waals surface area (Å²) in [4.78, 5) is 0. The molecule has 0 spiro atoms. The van der Waals surface area contributed by atoms with Crippen LogP contribution in [0.1, 0.15) is 31.7 Å². The highest BCUT2D eigenvalue weighted by molar-refractivity contribution is 5.50. The molecule has 1 aliphatic carbocycles. The van der Waals surface area contributed by atoms with E-state index in [4.69, 9.17) is 5.26 Å². The predicted molar refractivity (Wildman–Crippen MR) is 61.5 cm³/mol. The molecule has 2 atom stereocenters. The number of nitriles is 1. The molecule has 3 heteroatoms. The number of nitrogens with zero attached hydrogens (tertiary/aromatic N) is 1. The van der Waals surface area contributed by atoms with Gasteiger partial charge in [-0.05, 0) is 43.4 Å². The molecule has 2 unspecified atom stereocenters. The molecule has 1 aliphatic rings. The monoisotopic (exact) mass is 218 g/mol. The SMILES string of the molecule is CC1CCC(Nc2cc(F)cc(C#N)c2)C1. The number of nitrogens with one attached hydrogen (secondary N) is 1. The number of halogens is 1. The Morgan fingerprint density at radius 1 is 1.38 bits per heavy atom. The third-order valence-corrected chi connectivity index (χ3v) is 3.09. The maximum absolute atomic E-state index is 13.2. The molecular weight excluding hydrogens is 203 g/mol. The highest BCUT2D eigenvalue weighted by Crippen LogP contribution is 2.27. The van der Waals surface area contributed by atoms with E-state index in [0.717, 1.165) is 24.4 Å². The molecule has 0 aromatic heterocycles. The molecule has 0 bridgehead atoms. The Labute approximate surface area is 95.1 Å². The van der Waals surface area contributed by atoms with Gasteiger partial charge in [0.2, 0.25) is 0 Å². The molecule has 16 heavy (non-hydrogen) atoms. The lowest BCUT2D eigenvalue weighted by atomic mass is 10.1. The van der Waals surface area contributed by atoms with Crippen LogP contribution in [0.5, 0.6) is 0 Å². The van der Waals surface area contributed by atoms with Gasteiger partial charge in [0.25, 0.3) is 0 Å². The van der Waals surface area contributed by atoms with E-state index < -0.39 is 0 Å². The first-order valence-corrected chi connectivity index (χ1v) is 5.64. The van der Waals surface area contributed by atoms with Crippen molar-refractivity contribution in [2.45, 2.75) is 32.2 Å². The highest BCUT2D eigenvalue weighted by atomic mass is 19.1. The van der Waals surface area contributed by atoms with Crippen LogP contribution in [-0.2, 0) is 0 Å². The molecule has 1 N–H and O–H groups in total. The summed E-state index contributed by atoms with van der Waals surface area (Å²) < 4.78 is 13.2. The van der Waals surface area contributed by atoms with Crippen molar-refractivity contribution in [3.05, 3.63) is 29.6 Å². The standard InChI is InChI=1S/C13H15FN2/c1-9-2-3-12(4-9)16-13-6-10(8-15)5-11(14)7-13/h5-7,9,12,16H,2-4H2,1H3. The maximum atomic E-state index is 13.2. The lowest BCUT2D eigenvalue weighted by molar-refractivity contribution is 0.602. The van der Waals surface area contributed by atoms with Gasteiger partial charge in [-0.25, -0.2) is 4.39 Å². The minimum absolute atomic E-state index is 0.354. The van der Waals surface area contributed by atoms with E-state index >= 15 is 0 Å². The largest absolute Gasteiger partial charge is 0.382 e. The first kappa shape index (κ1) is 10.9. The number of hydrogen-bond acceptors (Lipinski definition) is 2. The Morgan fingerprint density at radius 2 is 2.19 bits per heavy atom. The average Bonchev–Trinajstić information content (AvgIpc) is 2.63. The molecule has 1 saturated carbocycles. The molecule has 1 aromatic rings. The van der Waals surface area contributed by atoms with Crippen LogP contribution in [0.2, 0.25) is 0 Å². The second-order valence-corrected chi connectivity index (χ2v) is 4.60. The van der Waals surface area contributed by atoms with E-state index in [1.807, 2.05) is 6.07 Å². The third kappa shape index (κ3) is 2.52. The van der Waals surface area contributed by atoms with Crippen molar-refractivity contribution in [3.8, 4) is 6.07 Å². The fourth-order valence-electron chi connectivity index (χ4n) is 2.31. The van der Waals surface area contributed by atoms with Crippen LogP contribution in [0.4, 0.5) is 10.1 Å². The average molecular weight is 218 g/mol. The molecule has 1 aromatic carbocycles. The van der Waals surface area contributed by atoms with Gasteiger partial charge in [0.05, 0.1) is 11.6 Å². The van der Waals surface area contributed by atoms with Crippen LogP contribution < -0.4 is 5.32 Å². The fraction of sp³-hybridized carbons (Fsp3) is 0.462.